The van der Waals surface area contributed by atoms with E-state index in [1.54, 1.807) is 0 Å². The number of nitrogens with zero attached hydrogens (tertiary/aromatic N) is 2. The van der Waals surface area contributed by atoms with E-state index in [-0.39, 0.29) is 11.4 Å². The Hall–Kier alpha value is -1.73. The molecule has 2 rings (SSSR count). The molecular weight excluding hydrogens is 265 g/mol. The van der Waals surface area contributed by atoms with Crippen molar-refractivity contribution < 1.29 is 19.0 Å². The van der Waals surface area contributed by atoms with Gasteiger partial charge in [-0.05, 0) is 19.0 Å². The van der Waals surface area contributed by atoms with Crippen LogP contribution < -0.4 is 5.32 Å². The fourth-order valence-electron chi connectivity index (χ4n) is 2.07. The number of rotatable bonds is 6. The molecule has 20 heavy (non-hydrogen) atoms. The summed E-state index contributed by atoms with van der Waals surface area (Å²) in [4.78, 5) is 16.9. The Balaban J connectivity index is 1.79. The van der Waals surface area contributed by atoms with Crippen molar-refractivity contribution in [1.29, 1.82) is 0 Å². The topological polar surface area (TPSA) is 74.7 Å². The fourth-order valence-corrected chi connectivity index (χ4v) is 2.07. The van der Waals surface area contributed by atoms with Crippen molar-refractivity contribution in [3.63, 3.8) is 0 Å². The Morgan fingerprint density at radius 2 is 2.25 bits per heavy atom. The molecule has 1 fully saturated rings. The number of hydrogen-bond acceptors (Lipinski definition) is 5. The highest BCUT2D eigenvalue weighted by molar-refractivity contribution is 5.88. The first-order valence-corrected chi connectivity index (χ1v) is 6.60. The molecule has 1 aliphatic rings. The van der Waals surface area contributed by atoms with Crippen molar-refractivity contribution in [3.05, 3.63) is 23.6 Å². The van der Waals surface area contributed by atoms with E-state index in [1.807, 2.05) is 0 Å². The van der Waals surface area contributed by atoms with Crippen LogP contribution >= 0.6 is 0 Å². The molecule has 0 bridgehead atoms. The van der Waals surface area contributed by atoms with Crippen molar-refractivity contribution >= 4 is 11.8 Å². The number of halogens is 1. The van der Waals surface area contributed by atoms with E-state index in [0.29, 0.717) is 6.54 Å². The number of carbonyl (C=O) groups is 1. The quantitative estimate of drug-likeness (QED) is 0.760. The zero-order valence-corrected chi connectivity index (χ0v) is 11.1. The van der Waals surface area contributed by atoms with E-state index in [0.717, 1.165) is 45.3 Å². The van der Waals surface area contributed by atoms with Crippen molar-refractivity contribution in [3.8, 4) is 0 Å². The first-order valence-electron chi connectivity index (χ1n) is 6.60. The number of aromatic carboxylic acids is 1. The van der Waals surface area contributed by atoms with Crippen LogP contribution in [-0.4, -0.2) is 60.4 Å². The number of morpholine rings is 1. The maximum atomic E-state index is 13.8. The summed E-state index contributed by atoms with van der Waals surface area (Å²) in [5, 5.41) is 11.7. The molecule has 0 aromatic carbocycles. The minimum absolute atomic E-state index is 0.00752. The van der Waals surface area contributed by atoms with Crippen LogP contribution in [0.15, 0.2) is 12.3 Å². The third-order valence-corrected chi connectivity index (χ3v) is 3.17. The van der Waals surface area contributed by atoms with Gasteiger partial charge >= 0.3 is 5.97 Å². The summed E-state index contributed by atoms with van der Waals surface area (Å²) < 4.78 is 19.0. The monoisotopic (exact) mass is 283 g/mol. The van der Waals surface area contributed by atoms with Crippen LogP contribution in [0.5, 0.6) is 0 Å². The summed E-state index contributed by atoms with van der Waals surface area (Å²) in [6.45, 7) is 4.79. The molecule has 1 aromatic heterocycles. The summed E-state index contributed by atoms with van der Waals surface area (Å²) in [5.74, 6) is -2.11. The first kappa shape index (κ1) is 14.7. The standard InChI is InChI=1S/C13H18FN3O3/c14-11-10(13(18)19)2-4-16-12(11)15-3-1-5-17-6-8-20-9-7-17/h2,4H,1,3,5-9H2,(H,15,16)(H,18,19). The molecule has 2 heterocycles. The van der Waals surface area contributed by atoms with Gasteiger partial charge in [0.2, 0.25) is 0 Å². The van der Waals surface area contributed by atoms with Crippen LogP contribution in [0.3, 0.4) is 0 Å². The van der Waals surface area contributed by atoms with Crippen molar-refractivity contribution in [2.24, 2.45) is 0 Å². The lowest BCUT2D eigenvalue weighted by atomic mass is 10.2. The average molecular weight is 283 g/mol. The van der Waals surface area contributed by atoms with Crippen LogP contribution in [0.2, 0.25) is 0 Å². The minimum Gasteiger partial charge on any atom is -0.478 e. The van der Waals surface area contributed by atoms with Gasteiger partial charge in [-0.1, -0.05) is 0 Å². The van der Waals surface area contributed by atoms with Gasteiger partial charge in [-0.25, -0.2) is 14.2 Å². The number of carboxylic acids is 1. The number of ether oxygens (including phenoxy) is 1. The third-order valence-electron chi connectivity index (χ3n) is 3.17. The molecule has 0 spiro atoms. The van der Waals surface area contributed by atoms with Crippen LogP contribution in [0.4, 0.5) is 10.2 Å². The molecule has 0 unspecified atom stereocenters. The minimum atomic E-state index is -1.29. The summed E-state index contributed by atoms with van der Waals surface area (Å²) in [5.41, 5.74) is -0.365. The van der Waals surface area contributed by atoms with Gasteiger partial charge in [-0.2, -0.15) is 0 Å². The number of carboxylic acid groups (broad SMARTS) is 1. The second-order valence-electron chi connectivity index (χ2n) is 4.56. The molecule has 1 aliphatic heterocycles. The van der Waals surface area contributed by atoms with Gasteiger partial charge in [-0.15, -0.1) is 0 Å². The van der Waals surface area contributed by atoms with E-state index in [1.165, 1.54) is 6.20 Å². The lowest BCUT2D eigenvalue weighted by Crippen LogP contribution is -2.37. The average Bonchev–Trinajstić information content (AvgIpc) is 2.46. The van der Waals surface area contributed by atoms with Crippen LogP contribution in [0, 0.1) is 5.82 Å². The van der Waals surface area contributed by atoms with Gasteiger partial charge < -0.3 is 15.2 Å². The molecule has 1 aromatic rings. The highest BCUT2D eigenvalue weighted by atomic mass is 19.1. The second-order valence-corrected chi connectivity index (χ2v) is 4.56. The van der Waals surface area contributed by atoms with Crippen molar-refractivity contribution in [2.45, 2.75) is 6.42 Å². The van der Waals surface area contributed by atoms with Crippen LogP contribution in [0.25, 0.3) is 0 Å². The van der Waals surface area contributed by atoms with Gasteiger partial charge in [0.1, 0.15) is 5.56 Å². The second kappa shape index (κ2) is 7.16. The van der Waals surface area contributed by atoms with Crippen molar-refractivity contribution in [1.82, 2.24) is 9.88 Å². The Kier molecular flexibility index (Phi) is 5.25. The summed E-state index contributed by atoms with van der Waals surface area (Å²) in [6, 6.07) is 1.15. The zero-order valence-electron chi connectivity index (χ0n) is 11.1. The highest BCUT2D eigenvalue weighted by Gasteiger charge is 2.15. The number of aromatic nitrogens is 1. The fraction of sp³-hybridized carbons (Fsp3) is 0.538. The zero-order chi connectivity index (χ0) is 14.4. The highest BCUT2D eigenvalue weighted by Crippen LogP contribution is 2.14. The first-order chi connectivity index (χ1) is 9.68. The van der Waals surface area contributed by atoms with E-state index in [4.69, 9.17) is 9.84 Å². The van der Waals surface area contributed by atoms with E-state index in [2.05, 4.69) is 15.2 Å². The van der Waals surface area contributed by atoms with E-state index < -0.39 is 11.8 Å². The van der Waals surface area contributed by atoms with Crippen LogP contribution in [-0.2, 0) is 4.74 Å². The van der Waals surface area contributed by atoms with Gasteiger partial charge in [-0.3, -0.25) is 4.90 Å². The lowest BCUT2D eigenvalue weighted by Gasteiger charge is -2.26. The molecule has 0 aliphatic carbocycles. The summed E-state index contributed by atoms with van der Waals surface area (Å²) >= 11 is 0. The molecule has 7 heteroatoms. The maximum Gasteiger partial charge on any atom is 0.338 e. The normalized spacial score (nSPS) is 16.1. The molecule has 1 saturated heterocycles. The molecule has 110 valence electrons. The third kappa shape index (κ3) is 3.88. The molecule has 0 atom stereocenters. The predicted octanol–water partition coefficient (Wildman–Crippen LogP) is 1.05. The molecular formula is C13H18FN3O3. The smallest absolute Gasteiger partial charge is 0.338 e. The molecule has 0 radical (unpaired) electrons. The van der Waals surface area contributed by atoms with Crippen molar-refractivity contribution in [2.75, 3.05) is 44.7 Å². The Morgan fingerprint density at radius 3 is 2.95 bits per heavy atom. The number of pyridine rings is 1. The largest absolute Gasteiger partial charge is 0.478 e. The van der Waals surface area contributed by atoms with Crippen LogP contribution in [0.1, 0.15) is 16.8 Å². The number of hydrogen-bond donors (Lipinski definition) is 2. The predicted molar refractivity (Wildman–Crippen MR) is 71.5 cm³/mol. The van der Waals surface area contributed by atoms with Gasteiger partial charge in [0.25, 0.3) is 0 Å². The lowest BCUT2D eigenvalue weighted by molar-refractivity contribution is 0.0378. The van der Waals surface area contributed by atoms with E-state index >= 15 is 0 Å². The Bertz CT molecular complexity index is 464. The summed E-state index contributed by atoms with van der Waals surface area (Å²) in [7, 11) is 0. The molecule has 0 amide bonds. The molecule has 0 saturated carbocycles. The molecule has 6 nitrogen and oxygen atoms in total. The SMILES string of the molecule is O=C(O)c1ccnc(NCCCN2CCOCC2)c1F. The van der Waals surface area contributed by atoms with Gasteiger partial charge in [0.05, 0.1) is 13.2 Å². The summed E-state index contributed by atoms with van der Waals surface area (Å²) in [6.07, 6.45) is 2.12. The Morgan fingerprint density at radius 1 is 1.50 bits per heavy atom. The van der Waals surface area contributed by atoms with E-state index in [9.17, 15) is 9.18 Å². The van der Waals surface area contributed by atoms with Gasteiger partial charge in [0, 0.05) is 25.8 Å². The molecule has 2 N–H and O–H groups in total. The number of nitrogens with one attached hydrogen (secondary N) is 1. The van der Waals surface area contributed by atoms with Gasteiger partial charge in [0.15, 0.2) is 11.6 Å². The maximum absolute atomic E-state index is 13.8. The Labute approximate surface area is 116 Å². The number of anilines is 1.